The van der Waals surface area contributed by atoms with Crippen molar-refractivity contribution in [2.45, 2.75) is 25.7 Å². The van der Waals surface area contributed by atoms with E-state index in [4.69, 9.17) is 4.98 Å². The van der Waals surface area contributed by atoms with Crippen molar-refractivity contribution in [2.24, 2.45) is 5.92 Å². The number of piperidine rings is 1. The maximum atomic E-state index is 12.9. The predicted molar refractivity (Wildman–Crippen MR) is 122 cm³/mol. The van der Waals surface area contributed by atoms with Gasteiger partial charge in [0.25, 0.3) is 0 Å². The molecule has 0 bridgehead atoms. The summed E-state index contributed by atoms with van der Waals surface area (Å²) in [6.45, 7) is 1.73. The molecule has 0 unspecified atom stereocenters. The Balaban J connectivity index is 1.22. The molecule has 2 aromatic carbocycles. The van der Waals surface area contributed by atoms with Crippen molar-refractivity contribution in [2.75, 3.05) is 13.1 Å². The lowest BCUT2D eigenvalue weighted by atomic mass is 9.90. The van der Waals surface area contributed by atoms with Crippen molar-refractivity contribution in [1.82, 2.24) is 14.3 Å². The fourth-order valence-corrected chi connectivity index (χ4v) is 5.18. The van der Waals surface area contributed by atoms with Gasteiger partial charge in [0.1, 0.15) is 0 Å². The second-order valence-corrected chi connectivity index (χ2v) is 8.90. The summed E-state index contributed by atoms with van der Waals surface area (Å²) in [5.41, 5.74) is 4.49. The minimum absolute atomic E-state index is 0.225. The highest BCUT2D eigenvalue weighted by atomic mass is 32.1. The number of rotatable bonds is 5. The third kappa shape index (κ3) is 4.03. The topological polar surface area (TPSA) is 37.6 Å². The van der Waals surface area contributed by atoms with Crippen LogP contribution in [0.15, 0.2) is 72.2 Å². The van der Waals surface area contributed by atoms with Gasteiger partial charge >= 0.3 is 0 Å². The normalized spacial score (nSPS) is 15.0. The molecule has 4 nitrogen and oxygen atoms in total. The molecule has 1 amide bonds. The standard InChI is InChI=1S/C25H25N3OS/c29-24(27-13-11-20(12-14-27)15-19-7-3-1-4-8-19)16-22-18-30-25-26-23(17-28(22)25)21-9-5-2-6-10-21/h1-10,17-18,20H,11-16H2. The third-order valence-corrected chi connectivity index (χ3v) is 6.91. The SMILES string of the molecule is O=C(Cc1csc2nc(-c3ccccc3)cn12)N1CCC(Cc2ccccc2)CC1. The summed E-state index contributed by atoms with van der Waals surface area (Å²) in [7, 11) is 0. The van der Waals surface area contributed by atoms with Crippen LogP contribution in [-0.2, 0) is 17.6 Å². The van der Waals surface area contributed by atoms with Crippen LogP contribution in [0.1, 0.15) is 24.1 Å². The molecule has 0 N–H and O–H groups in total. The molecular weight excluding hydrogens is 390 g/mol. The average Bonchev–Trinajstić information content (AvgIpc) is 3.38. The quantitative estimate of drug-likeness (QED) is 0.455. The number of fused-ring (bicyclic) bond motifs is 1. The molecule has 30 heavy (non-hydrogen) atoms. The van der Waals surface area contributed by atoms with Crippen LogP contribution < -0.4 is 0 Å². The molecular formula is C25H25N3OS. The molecule has 5 rings (SSSR count). The first-order valence-corrected chi connectivity index (χ1v) is 11.5. The number of nitrogens with zero attached hydrogens (tertiary/aromatic N) is 3. The largest absolute Gasteiger partial charge is 0.342 e. The Morgan fingerprint density at radius 1 is 1.00 bits per heavy atom. The first-order valence-electron chi connectivity index (χ1n) is 10.6. The molecule has 0 radical (unpaired) electrons. The van der Waals surface area contributed by atoms with Crippen LogP contribution in [0.3, 0.4) is 0 Å². The second kappa shape index (κ2) is 8.44. The number of aromatic nitrogens is 2. The number of carbonyl (C=O) groups excluding carboxylic acids is 1. The van der Waals surface area contributed by atoms with Crippen molar-refractivity contribution in [3.05, 3.63) is 83.5 Å². The first kappa shape index (κ1) is 19.1. The van der Waals surface area contributed by atoms with Crippen molar-refractivity contribution in [1.29, 1.82) is 0 Å². The van der Waals surface area contributed by atoms with Crippen molar-refractivity contribution in [3.63, 3.8) is 0 Å². The maximum absolute atomic E-state index is 12.9. The van der Waals surface area contributed by atoms with E-state index in [0.29, 0.717) is 12.3 Å². The van der Waals surface area contributed by atoms with E-state index in [1.54, 1.807) is 11.3 Å². The number of benzene rings is 2. The molecule has 0 spiro atoms. The van der Waals surface area contributed by atoms with Gasteiger partial charge in [0.2, 0.25) is 5.91 Å². The van der Waals surface area contributed by atoms with Crippen LogP contribution in [0, 0.1) is 5.92 Å². The van der Waals surface area contributed by atoms with Crippen LogP contribution in [0.25, 0.3) is 16.2 Å². The van der Waals surface area contributed by atoms with Gasteiger partial charge in [-0.15, -0.1) is 11.3 Å². The Kier molecular flexibility index (Phi) is 5.37. The summed E-state index contributed by atoms with van der Waals surface area (Å²) in [6, 6.07) is 20.9. The molecule has 3 heterocycles. The lowest BCUT2D eigenvalue weighted by Gasteiger charge is -2.32. The maximum Gasteiger partial charge on any atom is 0.228 e. The molecule has 4 aromatic rings. The van der Waals surface area contributed by atoms with Gasteiger partial charge < -0.3 is 4.90 Å². The Bertz CT molecular complexity index is 1130. The average molecular weight is 416 g/mol. The van der Waals surface area contributed by atoms with E-state index >= 15 is 0 Å². The summed E-state index contributed by atoms with van der Waals surface area (Å²) in [4.78, 5) is 20.7. The number of imidazole rings is 1. The summed E-state index contributed by atoms with van der Waals surface area (Å²) in [5, 5.41) is 2.07. The highest BCUT2D eigenvalue weighted by molar-refractivity contribution is 7.15. The molecule has 1 aliphatic rings. The molecule has 5 heteroatoms. The van der Waals surface area contributed by atoms with E-state index in [0.717, 1.165) is 54.3 Å². The highest BCUT2D eigenvalue weighted by Gasteiger charge is 2.24. The van der Waals surface area contributed by atoms with E-state index in [2.05, 4.69) is 58.4 Å². The van der Waals surface area contributed by atoms with Crippen molar-refractivity contribution in [3.8, 4) is 11.3 Å². The lowest BCUT2D eigenvalue weighted by molar-refractivity contribution is -0.131. The predicted octanol–water partition coefficient (Wildman–Crippen LogP) is 5.09. The minimum atomic E-state index is 0.225. The number of likely N-dealkylation sites (tertiary alicyclic amines) is 1. The number of hydrogen-bond donors (Lipinski definition) is 0. The Morgan fingerprint density at radius 2 is 1.70 bits per heavy atom. The van der Waals surface area contributed by atoms with E-state index in [1.807, 2.05) is 23.1 Å². The molecule has 152 valence electrons. The van der Waals surface area contributed by atoms with Crippen LogP contribution in [0.4, 0.5) is 0 Å². The van der Waals surface area contributed by atoms with Gasteiger partial charge in [-0.25, -0.2) is 4.98 Å². The van der Waals surface area contributed by atoms with E-state index in [-0.39, 0.29) is 5.91 Å². The fraction of sp³-hybridized carbons (Fsp3) is 0.280. The van der Waals surface area contributed by atoms with E-state index in [9.17, 15) is 4.79 Å². The van der Waals surface area contributed by atoms with Crippen LogP contribution in [-0.4, -0.2) is 33.3 Å². The van der Waals surface area contributed by atoms with Gasteiger partial charge in [-0.3, -0.25) is 9.20 Å². The smallest absolute Gasteiger partial charge is 0.228 e. The number of hydrogen-bond acceptors (Lipinski definition) is 3. The molecule has 1 aliphatic heterocycles. The molecule has 0 atom stereocenters. The van der Waals surface area contributed by atoms with E-state index in [1.165, 1.54) is 5.56 Å². The van der Waals surface area contributed by atoms with Gasteiger partial charge in [-0.05, 0) is 30.7 Å². The highest BCUT2D eigenvalue weighted by Crippen LogP contribution is 2.25. The van der Waals surface area contributed by atoms with Crippen molar-refractivity contribution < 1.29 is 4.79 Å². The van der Waals surface area contributed by atoms with Gasteiger partial charge in [-0.1, -0.05) is 60.7 Å². The zero-order valence-electron chi connectivity index (χ0n) is 16.9. The number of carbonyl (C=O) groups is 1. The van der Waals surface area contributed by atoms with Gasteiger partial charge in [0.05, 0.1) is 12.1 Å². The molecule has 1 saturated heterocycles. The summed E-state index contributed by atoms with van der Waals surface area (Å²) < 4.78 is 2.08. The third-order valence-electron chi connectivity index (χ3n) is 6.02. The summed E-state index contributed by atoms with van der Waals surface area (Å²) in [5.74, 6) is 0.897. The van der Waals surface area contributed by atoms with Gasteiger partial charge in [0.15, 0.2) is 4.96 Å². The summed E-state index contributed by atoms with van der Waals surface area (Å²) in [6.07, 6.45) is 5.78. The Hall–Kier alpha value is -2.92. The Labute approximate surface area is 180 Å². The van der Waals surface area contributed by atoms with Crippen molar-refractivity contribution >= 4 is 22.2 Å². The second-order valence-electron chi connectivity index (χ2n) is 8.06. The number of thiazole rings is 1. The number of amides is 1. The fourth-order valence-electron chi connectivity index (χ4n) is 4.31. The monoisotopic (exact) mass is 415 g/mol. The lowest BCUT2D eigenvalue weighted by Crippen LogP contribution is -2.39. The molecule has 0 aliphatic carbocycles. The molecule has 2 aromatic heterocycles. The van der Waals surface area contributed by atoms with E-state index < -0.39 is 0 Å². The summed E-state index contributed by atoms with van der Waals surface area (Å²) >= 11 is 1.60. The molecule has 0 saturated carbocycles. The van der Waals surface area contributed by atoms with Gasteiger partial charge in [-0.2, -0.15) is 0 Å². The first-order chi connectivity index (χ1) is 14.8. The Morgan fingerprint density at radius 3 is 2.43 bits per heavy atom. The minimum Gasteiger partial charge on any atom is -0.342 e. The molecule has 1 fully saturated rings. The van der Waals surface area contributed by atoms with Crippen LogP contribution in [0.2, 0.25) is 0 Å². The zero-order chi connectivity index (χ0) is 20.3. The zero-order valence-corrected chi connectivity index (χ0v) is 17.7. The van der Waals surface area contributed by atoms with Crippen LogP contribution in [0.5, 0.6) is 0 Å². The van der Waals surface area contributed by atoms with Gasteiger partial charge in [0, 0.05) is 35.9 Å². The van der Waals surface area contributed by atoms with Crippen LogP contribution >= 0.6 is 11.3 Å².